The molecule has 3 N–H and O–H groups in total. The molecule has 0 fully saturated rings. The van der Waals surface area contributed by atoms with E-state index >= 15 is 0 Å². The summed E-state index contributed by atoms with van der Waals surface area (Å²) in [5, 5.41) is 2.70. The van der Waals surface area contributed by atoms with Gasteiger partial charge in [-0.15, -0.1) is 11.8 Å². The number of rotatable bonds is 4. The number of methoxy groups -OCH3 is 1. The number of hydrogen-bond acceptors (Lipinski definition) is 6. The number of hydrogen-bond donors (Lipinski definition) is 2. The first kappa shape index (κ1) is 13.5. The maximum Gasteiger partial charge on any atom is 0.274 e. The highest BCUT2D eigenvalue weighted by atomic mass is 32.2. The lowest BCUT2D eigenvalue weighted by atomic mass is 10.3. The van der Waals surface area contributed by atoms with Gasteiger partial charge in [0.25, 0.3) is 11.3 Å². The Morgan fingerprint density at radius 3 is 3.10 bits per heavy atom. The van der Waals surface area contributed by atoms with Gasteiger partial charge < -0.3 is 10.5 Å². The number of thioether (sulfide) groups is 1. The van der Waals surface area contributed by atoms with E-state index < -0.39 is 0 Å². The van der Waals surface area contributed by atoms with Gasteiger partial charge in [-0.1, -0.05) is 0 Å². The fourth-order valence-electron chi connectivity index (χ4n) is 1.90. The summed E-state index contributed by atoms with van der Waals surface area (Å²) in [6.45, 7) is 0. The van der Waals surface area contributed by atoms with Crippen molar-refractivity contribution in [2.75, 3.05) is 12.8 Å². The van der Waals surface area contributed by atoms with Crippen LogP contribution in [0.5, 0.6) is 5.75 Å². The molecule has 0 saturated heterocycles. The van der Waals surface area contributed by atoms with Crippen molar-refractivity contribution in [3.63, 3.8) is 0 Å². The van der Waals surface area contributed by atoms with Gasteiger partial charge in [0.05, 0.1) is 12.8 Å². The Hall–Kier alpha value is -2.48. The van der Waals surface area contributed by atoms with Crippen molar-refractivity contribution in [3.8, 4) is 5.75 Å². The van der Waals surface area contributed by atoms with Crippen molar-refractivity contribution >= 4 is 23.2 Å². The molecule has 3 rings (SSSR count). The molecule has 3 aromatic rings. The molecule has 1 aromatic carbocycles. The lowest BCUT2D eigenvalue weighted by Gasteiger charge is -2.08. The van der Waals surface area contributed by atoms with Gasteiger partial charge in [0.15, 0.2) is 0 Å². The highest BCUT2D eigenvalue weighted by Gasteiger charge is 2.08. The van der Waals surface area contributed by atoms with E-state index in [4.69, 9.17) is 10.5 Å². The van der Waals surface area contributed by atoms with E-state index in [-0.39, 0.29) is 5.56 Å². The van der Waals surface area contributed by atoms with Gasteiger partial charge in [-0.05, 0) is 12.1 Å². The molecule has 0 atom stereocenters. The second kappa shape index (κ2) is 5.49. The van der Waals surface area contributed by atoms with Crippen LogP contribution < -0.4 is 16.0 Å². The van der Waals surface area contributed by atoms with Crippen LogP contribution in [0, 0.1) is 0 Å². The van der Waals surface area contributed by atoms with Crippen molar-refractivity contribution in [2.24, 2.45) is 0 Å². The minimum atomic E-state index is -0.183. The number of nitrogens with one attached hydrogen (secondary N) is 1. The SMILES string of the molecule is COc1cc(N)ccc1SCc1cc(=O)n2[nH]cnc2n1. The molecule has 0 spiro atoms. The van der Waals surface area contributed by atoms with Crippen LogP contribution in [0.4, 0.5) is 5.69 Å². The second-order valence-electron chi connectivity index (χ2n) is 4.31. The van der Waals surface area contributed by atoms with Crippen molar-refractivity contribution in [1.82, 2.24) is 19.6 Å². The average molecular weight is 303 g/mol. The number of benzene rings is 1. The van der Waals surface area contributed by atoms with Crippen LogP contribution in [0.25, 0.3) is 5.78 Å². The van der Waals surface area contributed by atoms with Crippen LogP contribution in [0.1, 0.15) is 5.69 Å². The molecule has 21 heavy (non-hydrogen) atoms. The van der Waals surface area contributed by atoms with Gasteiger partial charge in [0.2, 0.25) is 0 Å². The number of aromatic amines is 1. The smallest absolute Gasteiger partial charge is 0.274 e. The number of H-pyrrole nitrogens is 1. The van der Waals surface area contributed by atoms with Gasteiger partial charge in [-0.2, -0.15) is 4.52 Å². The summed E-state index contributed by atoms with van der Waals surface area (Å²) in [7, 11) is 1.60. The molecule has 0 bridgehead atoms. The van der Waals surface area contributed by atoms with Crippen LogP contribution in [0.15, 0.2) is 40.3 Å². The molecule has 2 heterocycles. The maximum absolute atomic E-state index is 11.8. The van der Waals surface area contributed by atoms with E-state index in [9.17, 15) is 4.79 Å². The Morgan fingerprint density at radius 1 is 1.43 bits per heavy atom. The summed E-state index contributed by atoms with van der Waals surface area (Å²) in [6.07, 6.45) is 1.43. The zero-order valence-corrected chi connectivity index (χ0v) is 12.1. The first-order valence-electron chi connectivity index (χ1n) is 6.16. The molecule has 0 saturated carbocycles. The van der Waals surface area contributed by atoms with Crippen LogP contribution in [0.2, 0.25) is 0 Å². The predicted molar refractivity (Wildman–Crippen MR) is 80.6 cm³/mol. The van der Waals surface area contributed by atoms with Crippen LogP contribution in [-0.2, 0) is 5.75 Å². The fraction of sp³-hybridized carbons (Fsp3) is 0.154. The van der Waals surface area contributed by atoms with E-state index in [1.807, 2.05) is 12.1 Å². The molecule has 0 amide bonds. The van der Waals surface area contributed by atoms with Crippen molar-refractivity contribution < 1.29 is 4.74 Å². The molecule has 0 aliphatic carbocycles. The van der Waals surface area contributed by atoms with Gasteiger partial charge >= 0.3 is 0 Å². The Bertz CT molecular complexity index is 842. The number of aromatic nitrogens is 4. The largest absolute Gasteiger partial charge is 0.496 e. The fourth-order valence-corrected chi connectivity index (χ4v) is 2.80. The Balaban J connectivity index is 1.85. The molecule has 0 aliphatic rings. The van der Waals surface area contributed by atoms with Gasteiger partial charge in [0, 0.05) is 28.5 Å². The number of nitrogen functional groups attached to an aromatic ring is 1. The quantitative estimate of drug-likeness (QED) is 0.557. The van der Waals surface area contributed by atoms with Crippen molar-refractivity contribution in [3.05, 3.63) is 46.6 Å². The molecule has 0 aliphatic heterocycles. The number of nitrogens with two attached hydrogens (primary N) is 1. The third-order valence-electron chi connectivity index (χ3n) is 2.88. The maximum atomic E-state index is 11.8. The second-order valence-corrected chi connectivity index (χ2v) is 5.32. The van der Waals surface area contributed by atoms with Crippen LogP contribution in [-0.4, -0.2) is 26.7 Å². The van der Waals surface area contributed by atoms with E-state index in [0.29, 0.717) is 28.7 Å². The summed E-state index contributed by atoms with van der Waals surface area (Å²) in [5.41, 5.74) is 6.85. The van der Waals surface area contributed by atoms with E-state index in [2.05, 4.69) is 15.1 Å². The molecule has 0 unspecified atom stereocenters. The molecule has 0 radical (unpaired) electrons. The van der Waals surface area contributed by atoms with E-state index in [1.165, 1.54) is 28.7 Å². The third kappa shape index (κ3) is 2.70. The molecule has 2 aromatic heterocycles. The number of fused-ring (bicyclic) bond motifs is 1. The van der Waals surface area contributed by atoms with Crippen LogP contribution >= 0.6 is 11.8 Å². The van der Waals surface area contributed by atoms with E-state index in [0.717, 1.165) is 4.90 Å². The average Bonchev–Trinajstić information content (AvgIpc) is 2.94. The number of anilines is 1. The molecular weight excluding hydrogens is 290 g/mol. The van der Waals surface area contributed by atoms with Gasteiger partial charge in [-0.25, -0.2) is 9.97 Å². The van der Waals surface area contributed by atoms with Gasteiger partial charge in [-0.3, -0.25) is 9.89 Å². The molecular formula is C13H13N5O2S. The summed E-state index contributed by atoms with van der Waals surface area (Å²) < 4.78 is 6.58. The topological polar surface area (TPSA) is 98.3 Å². The van der Waals surface area contributed by atoms with Gasteiger partial charge in [0.1, 0.15) is 12.1 Å². The van der Waals surface area contributed by atoms with Crippen molar-refractivity contribution in [2.45, 2.75) is 10.6 Å². The summed E-state index contributed by atoms with van der Waals surface area (Å²) >= 11 is 1.52. The van der Waals surface area contributed by atoms with E-state index in [1.54, 1.807) is 13.2 Å². The zero-order chi connectivity index (χ0) is 14.8. The number of nitrogens with zero attached hydrogens (tertiary/aromatic N) is 3. The Labute approximate surface area is 124 Å². The summed E-state index contributed by atoms with van der Waals surface area (Å²) in [6, 6.07) is 6.95. The third-order valence-corrected chi connectivity index (χ3v) is 3.97. The summed E-state index contributed by atoms with van der Waals surface area (Å²) in [4.78, 5) is 21.1. The lowest BCUT2D eigenvalue weighted by molar-refractivity contribution is 0.405. The minimum Gasteiger partial charge on any atom is -0.496 e. The first-order chi connectivity index (χ1) is 10.2. The Kier molecular flexibility index (Phi) is 3.53. The summed E-state index contributed by atoms with van der Waals surface area (Å²) in [5.74, 6) is 1.61. The van der Waals surface area contributed by atoms with Crippen molar-refractivity contribution in [1.29, 1.82) is 0 Å². The Morgan fingerprint density at radius 2 is 2.29 bits per heavy atom. The predicted octanol–water partition coefficient (Wildman–Crippen LogP) is 1.30. The highest BCUT2D eigenvalue weighted by molar-refractivity contribution is 7.98. The first-order valence-corrected chi connectivity index (χ1v) is 7.14. The molecule has 108 valence electrons. The monoisotopic (exact) mass is 303 g/mol. The molecule has 7 nitrogen and oxygen atoms in total. The van der Waals surface area contributed by atoms with Crippen LogP contribution in [0.3, 0.4) is 0 Å². The lowest BCUT2D eigenvalue weighted by Crippen LogP contribution is -2.15. The normalized spacial score (nSPS) is 10.9. The highest BCUT2D eigenvalue weighted by Crippen LogP contribution is 2.32. The minimum absolute atomic E-state index is 0.183. The number of ether oxygens (including phenoxy) is 1. The standard InChI is InChI=1S/C13H13N5O2S/c1-20-10-4-8(14)2-3-11(10)21-6-9-5-12(19)18-13(17-9)15-7-16-18/h2-5,7H,6,14H2,1H3,(H,15,16,17). The zero-order valence-electron chi connectivity index (χ0n) is 11.2. The molecule has 8 heteroatoms.